The highest BCUT2D eigenvalue weighted by molar-refractivity contribution is 6.00. The minimum Gasteiger partial charge on any atom is -0.478 e. The zero-order chi connectivity index (χ0) is 15.4. The molecule has 0 aliphatic carbocycles. The van der Waals surface area contributed by atoms with Gasteiger partial charge in [-0.15, -0.1) is 0 Å². The second-order valence-electron chi connectivity index (χ2n) is 4.48. The van der Waals surface area contributed by atoms with E-state index < -0.39 is 17.8 Å². The first-order chi connectivity index (χ1) is 9.94. The van der Waals surface area contributed by atoms with Gasteiger partial charge >= 0.3 is 12.0 Å². The molecule has 5 nitrogen and oxygen atoms in total. The number of anilines is 2. The van der Waals surface area contributed by atoms with E-state index in [4.69, 9.17) is 5.11 Å². The van der Waals surface area contributed by atoms with Crippen LogP contribution in [0.1, 0.15) is 15.9 Å². The number of aromatic carboxylic acids is 1. The number of carboxylic acid groups (broad SMARTS) is 1. The highest BCUT2D eigenvalue weighted by atomic mass is 19.1. The Kier molecular flexibility index (Phi) is 4.18. The Labute approximate surface area is 120 Å². The second-order valence-corrected chi connectivity index (χ2v) is 4.48. The zero-order valence-corrected chi connectivity index (χ0v) is 11.2. The van der Waals surface area contributed by atoms with Gasteiger partial charge in [0, 0.05) is 11.4 Å². The van der Waals surface area contributed by atoms with Crippen LogP contribution in [0, 0.1) is 12.7 Å². The summed E-state index contributed by atoms with van der Waals surface area (Å²) in [5.41, 5.74) is 1.40. The molecule has 2 aromatic carbocycles. The van der Waals surface area contributed by atoms with Crippen LogP contribution in [0.25, 0.3) is 0 Å². The van der Waals surface area contributed by atoms with Crippen LogP contribution in [-0.2, 0) is 0 Å². The van der Waals surface area contributed by atoms with Gasteiger partial charge in [-0.25, -0.2) is 14.0 Å². The molecule has 2 rings (SSSR count). The molecule has 0 aromatic heterocycles. The number of rotatable bonds is 3. The van der Waals surface area contributed by atoms with Gasteiger partial charge in [0.15, 0.2) is 0 Å². The first-order valence-electron chi connectivity index (χ1n) is 6.12. The Morgan fingerprint density at radius 2 is 1.76 bits per heavy atom. The molecule has 2 aromatic rings. The summed E-state index contributed by atoms with van der Waals surface area (Å²) in [7, 11) is 0. The van der Waals surface area contributed by atoms with Crippen molar-refractivity contribution in [2.45, 2.75) is 6.92 Å². The lowest BCUT2D eigenvalue weighted by molar-refractivity contribution is 0.0697. The van der Waals surface area contributed by atoms with Crippen molar-refractivity contribution < 1.29 is 19.1 Å². The fraction of sp³-hybridized carbons (Fsp3) is 0.0667. The third kappa shape index (κ3) is 4.04. The molecule has 3 N–H and O–H groups in total. The summed E-state index contributed by atoms with van der Waals surface area (Å²) in [6.07, 6.45) is 0. The number of urea groups is 1. The molecule has 0 radical (unpaired) electrons. The Balaban J connectivity index is 2.08. The molecule has 0 saturated carbocycles. The van der Waals surface area contributed by atoms with Crippen LogP contribution in [0.3, 0.4) is 0 Å². The molecule has 0 bridgehead atoms. The number of benzene rings is 2. The molecule has 0 fully saturated rings. The highest BCUT2D eigenvalue weighted by Gasteiger charge is 2.07. The van der Waals surface area contributed by atoms with Crippen molar-refractivity contribution in [2.75, 3.05) is 10.6 Å². The van der Waals surface area contributed by atoms with Crippen LogP contribution in [0.4, 0.5) is 20.6 Å². The average Bonchev–Trinajstić information content (AvgIpc) is 2.37. The van der Waals surface area contributed by atoms with Gasteiger partial charge in [0.1, 0.15) is 5.82 Å². The lowest BCUT2D eigenvalue weighted by Crippen LogP contribution is -2.19. The first kappa shape index (κ1) is 14.5. The van der Waals surface area contributed by atoms with E-state index in [0.717, 1.165) is 0 Å². The van der Waals surface area contributed by atoms with E-state index in [1.165, 1.54) is 30.3 Å². The molecule has 0 spiro atoms. The van der Waals surface area contributed by atoms with Crippen LogP contribution in [0.2, 0.25) is 0 Å². The van der Waals surface area contributed by atoms with Crippen molar-refractivity contribution in [1.29, 1.82) is 0 Å². The normalized spacial score (nSPS) is 10.0. The molecule has 0 unspecified atom stereocenters. The summed E-state index contributed by atoms with van der Waals surface area (Å²) in [6, 6.07) is 9.41. The molecule has 108 valence electrons. The molecular formula is C15H13FN2O3. The summed E-state index contributed by atoms with van der Waals surface area (Å²) >= 11 is 0. The smallest absolute Gasteiger partial charge is 0.335 e. The number of halogens is 1. The van der Waals surface area contributed by atoms with Gasteiger partial charge in [0.2, 0.25) is 0 Å². The van der Waals surface area contributed by atoms with E-state index >= 15 is 0 Å². The van der Waals surface area contributed by atoms with Gasteiger partial charge in [0.05, 0.1) is 5.56 Å². The van der Waals surface area contributed by atoms with Crippen molar-refractivity contribution in [1.82, 2.24) is 0 Å². The molecular weight excluding hydrogens is 275 g/mol. The number of hydrogen-bond donors (Lipinski definition) is 3. The Bertz CT molecular complexity index is 681. The van der Waals surface area contributed by atoms with E-state index in [-0.39, 0.29) is 5.56 Å². The summed E-state index contributed by atoms with van der Waals surface area (Å²) in [5.74, 6) is -1.53. The fourth-order valence-electron chi connectivity index (χ4n) is 1.83. The van der Waals surface area contributed by atoms with Crippen LogP contribution in [0.15, 0.2) is 42.5 Å². The minimum atomic E-state index is -1.08. The van der Waals surface area contributed by atoms with Crippen molar-refractivity contribution in [3.05, 3.63) is 59.4 Å². The SMILES string of the molecule is Cc1cc(F)cc(NC(=O)Nc2cccc(C(=O)O)c2)c1. The number of aryl methyl sites for hydroxylation is 1. The lowest BCUT2D eigenvalue weighted by Gasteiger charge is -2.09. The third-order valence-corrected chi connectivity index (χ3v) is 2.67. The topological polar surface area (TPSA) is 78.4 Å². The number of carbonyl (C=O) groups is 2. The van der Waals surface area contributed by atoms with Crippen LogP contribution in [-0.4, -0.2) is 17.1 Å². The highest BCUT2D eigenvalue weighted by Crippen LogP contribution is 2.15. The Morgan fingerprint density at radius 3 is 2.43 bits per heavy atom. The number of amides is 2. The predicted octanol–water partition coefficient (Wildman–Crippen LogP) is 3.48. The molecule has 0 atom stereocenters. The number of hydrogen-bond acceptors (Lipinski definition) is 2. The third-order valence-electron chi connectivity index (χ3n) is 2.67. The Morgan fingerprint density at radius 1 is 1.05 bits per heavy atom. The standard InChI is InChI=1S/C15H13FN2O3/c1-9-5-11(16)8-13(6-9)18-15(21)17-12-4-2-3-10(7-12)14(19)20/h2-8H,1H3,(H,19,20)(H2,17,18,21). The Hall–Kier alpha value is -2.89. The molecule has 6 heteroatoms. The van der Waals surface area contributed by atoms with Crippen molar-refractivity contribution in [2.24, 2.45) is 0 Å². The molecule has 0 heterocycles. The van der Waals surface area contributed by atoms with Crippen molar-refractivity contribution in [3.63, 3.8) is 0 Å². The molecule has 21 heavy (non-hydrogen) atoms. The van der Waals surface area contributed by atoms with Crippen molar-refractivity contribution in [3.8, 4) is 0 Å². The summed E-state index contributed by atoms with van der Waals surface area (Å²) in [6.45, 7) is 1.71. The van der Waals surface area contributed by atoms with Gasteiger partial charge in [-0.1, -0.05) is 6.07 Å². The van der Waals surface area contributed by atoms with Gasteiger partial charge in [0.25, 0.3) is 0 Å². The summed E-state index contributed by atoms with van der Waals surface area (Å²) < 4.78 is 13.2. The number of carbonyl (C=O) groups excluding carboxylic acids is 1. The number of carboxylic acids is 1. The van der Waals surface area contributed by atoms with E-state index in [2.05, 4.69) is 10.6 Å². The van der Waals surface area contributed by atoms with Crippen LogP contribution in [0.5, 0.6) is 0 Å². The summed E-state index contributed by atoms with van der Waals surface area (Å²) in [4.78, 5) is 22.6. The lowest BCUT2D eigenvalue weighted by atomic mass is 10.2. The molecule has 2 amide bonds. The van der Waals surface area contributed by atoms with E-state index in [1.807, 2.05) is 0 Å². The minimum absolute atomic E-state index is 0.0643. The molecule has 0 aliphatic heterocycles. The monoisotopic (exact) mass is 288 g/mol. The van der Waals surface area contributed by atoms with Gasteiger partial charge in [-0.05, 0) is 48.9 Å². The van der Waals surface area contributed by atoms with Gasteiger partial charge in [-0.3, -0.25) is 0 Å². The van der Waals surface area contributed by atoms with Crippen LogP contribution >= 0.6 is 0 Å². The quantitative estimate of drug-likeness (QED) is 0.809. The maximum Gasteiger partial charge on any atom is 0.335 e. The molecule has 0 saturated heterocycles. The van der Waals surface area contributed by atoms with Gasteiger partial charge < -0.3 is 15.7 Å². The number of nitrogens with one attached hydrogen (secondary N) is 2. The fourth-order valence-corrected chi connectivity index (χ4v) is 1.83. The van der Waals surface area contributed by atoms with Crippen LogP contribution < -0.4 is 10.6 Å². The average molecular weight is 288 g/mol. The van der Waals surface area contributed by atoms with E-state index in [0.29, 0.717) is 16.9 Å². The maximum absolute atomic E-state index is 13.2. The maximum atomic E-state index is 13.2. The second kappa shape index (κ2) is 6.04. The molecule has 0 aliphatic rings. The van der Waals surface area contributed by atoms with Gasteiger partial charge in [-0.2, -0.15) is 0 Å². The van der Waals surface area contributed by atoms with E-state index in [1.54, 1.807) is 19.1 Å². The zero-order valence-electron chi connectivity index (χ0n) is 11.2. The first-order valence-corrected chi connectivity index (χ1v) is 6.12. The van der Waals surface area contributed by atoms with Crippen molar-refractivity contribution >= 4 is 23.4 Å². The predicted molar refractivity (Wildman–Crippen MR) is 77.2 cm³/mol. The largest absolute Gasteiger partial charge is 0.478 e. The summed E-state index contributed by atoms with van der Waals surface area (Å²) in [5, 5.41) is 13.8. The van der Waals surface area contributed by atoms with E-state index in [9.17, 15) is 14.0 Å².